The smallest absolute Gasteiger partial charge is 0.338 e. The minimum atomic E-state index is -0.870. The van der Waals surface area contributed by atoms with Crippen LogP contribution in [0.5, 0.6) is 5.75 Å². The van der Waals surface area contributed by atoms with E-state index in [-0.39, 0.29) is 23.4 Å². The highest BCUT2D eigenvalue weighted by Crippen LogP contribution is 2.36. The first kappa shape index (κ1) is 30.9. The van der Waals surface area contributed by atoms with E-state index in [4.69, 9.17) is 14.5 Å². The molecule has 1 unspecified atom stereocenters. The molecule has 11 nitrogen and oxygen atoms in total. The summed E-state index contributed by atoms with van der Waals surface area (Å²) in [4.78, 5) is 49.1. The monoisotopic (exact) mass is 639 g/mol. The molecular formula is C34H33N5O6S. The number of benzene rings is 3. The van der Waals surface area contributed by atoms with Gasteiger partial charge < -0.3 is 19.3 Å². The molecule has 0 bridgehead atoms. The van der Waals surface area contributed by atoms with Crippen LogP contribution in [0.2, 0.25) is 0 Å². The summed E-state index contributed by atoms with van der Waals surface area (Å²) in [6.45, 7) is 5.05. The lowest BCUT2D eigenvalue weighted by Crippen LogP contribution is -2.44. The molecule has 236 valence electrons. The molecule has 1 saturated heterocycles. The molecule has 0 aliphatic carbocycles. The highest BCUT2D eigenvalue weighted by atomic mass is 32.1. The molecule has 1 atom stereocenters. The van der Waals surface area contributed by atoms with E-state index in [2.05, 4.69) is 16.8 Å². The fraction of sp³-hybridized carbons (Fsp3) is 0.265. The number of carbonyl (C=O) groups is 1. The minimum absolute atomic E-state index is 0.0675. The Hall–Kier alpha value is -5.07. The van der Waals surface area contributed by atoms with Gasteiger partial charge in [-0.3, -0.25) is 19.5 Å². The van der Waals surface area contributed by atoms with Crippen molar-refractivity contribution in [1.82, 2.24) is 9.47 Å². The van der Waals surface area contributed by atoms with Crippen molar-refractivity contribution in [2.75, 3.05) is 51.8 Å². The number of nitrogens with zero attached hydrogens (tertiary/aromatic N) is 5. The average Bonchev–Trinajstić information content (AvgIpc) is 3.38. The normalized spacial score (nSPS) is 17.0. The molecule has 2 aliphatic rings. The summed E-state index contributed by atoms with van der Waals surface area (Å²) in [7, 11) is 3.61. The molecule has 0 spiro atoms. The Bertz CT molecular complexity index is 2010. The van der Waals surface area contributed by atoms with E-state index in [9.17, 15) is 19.7 Å². The second kappa shape index (κ2) is 13.1. The maximum Gasteiger partial charge on any atom is 0.338 e. The van der Waals surface area contributed by atoms with Crippen LogP contribution in [0.25, 0.3) is 11.8 Å². The Kier molecular flexibility index (Phi) is 8.82. The zero-order valence-electron chi connectivity index (χ0n) is 25.7. The summed E-state index contributed by atoms with van der Waals surface area (Å²) in [5.41, 5.74) is 2.92. The number of nitro groups is 1. The van der Waals surface area contributed by atoms with Crippen molar-refractivity contribution in [3.8, 4) is 5.75 Å². The Morgan fingerprint density at radius 3 is 2.52 bits per heavy atom. The summed E-state index contributed by atoms with van der Waals surface area (Å²) >= 11 is 1.17. The predicted molar refractivity (Wildman–Crippen MR) is 177 cm³/mol. The first-order valence-electron chi connectivity index (χ1n) is 14.9. The molecule has 1 fully saturated rings. The van der Waals surface area contributed by atoms with Crippen LogP contribution in [-0.4, -0.2) is 67.3 Å². The highest BCUT2D eigenvalue weighted by molar-refractivity contribution is 7.07. The Labute approximate surface area is 269 Å². The Morgan fingerprint density at radius 1 is 1.07 bits per heavy atom. The predicted octanol–water partition coefficient (Wildman–Crippen LogP) is 3.60. The number of aromatic nitrogens is 1. The number of hydrogen-bond donors (Lipinski definition) is 0. The lowest BCUT2D eigenvalue weighted by atomic mass is 9.93. The maximum atomic E-state index is 14.4. The van der Waals surface area contributed by atoms with E-state index >= 15 is 0 Å². The molecule has 4 aromatic rings. The number of rotatable bonds is 8. The lowest BCUT2D eigenvalue weighted by molar-refractivity contribution is -0.384. The van der Waals surface area contributed by atoms with Crippen molar-refractivity contribution >= 4 is 40.5 Å². The molecule has 6 rings (SSSR count). The number of non-ortho nitro benzene ring substituents is 1. The third kappa shape index (κ3) is 5.96. The maximum absolute atomic E-state index is 14.4. The third-order valence-corrected chi connectivity index (χ3v) is 9.12. The van der Waals surface area contributed by atoms with Crippen molar-refractivity contribution < 1.29 is 19.2 Å². The molecule has 0 N–H and O–H groups in total. The molecular weight excluding hydrogens is 606 g/mol. The van der Waals surface area contributed by atoms with Gasteiger partial charge in [-0.1, -0.05) is 53.8 Å². The molecule has 0 saturated carbocycles. The summed E-state index contributed by atoms with van der Waals surface area (Å²) in [6.07, 6.45) is 1.70. The molecule has 12 heteroatoms. The van der Waals surface area contributed by atoms with Gasteiger partial charge in [0.2, 0.25) is 0 Å². The van der Waals surface area contributed by atoms with E-state index in [0.29, 0.717) is 37.5 Å². The number of fused-ring (bicyclic) bond motifs is 1. The SMILES string of the molecule is CCOC(=O)C1=C(c2ccccc2)N=c2s/c(=C\c3cc([N+](=O)[O-])ccc3N3CCN(C)CC3)c(=O)n2C1c1cccc(OC)c1. The summed E-state index contributed by atoms with van der Waals surface area (Å²) in [6, 6.07) is 20.4. The van der Waals surface area contributed by atoms with E-state index in [1.54, 1.807) is 44.4 Å². The molecule has 0 amide bonds. The molecule has 0 radical (unpaired) electrons. The van der Waals surface area contributed by atoms with E-state index in [1.807, 2.05) is 36.4 Å². The second-order valence-corrected chi connectivity index (χ2v) is 12.0. The third-order valence-electron chi connectivity index (χ3n) is 8.14. The quantitative estimate of drug-likeness (QED) is 0.163. The van der Waals surface area contributed by atoms with Crippen molar-refractivity contribution in [3.05, 3.63) is 125 Å². The van der Waals surface area contributed by atoms with E-state index < -0.39 is 16.9 Å². The number of hydrogen-bond acceptors (Lipinski definition) is 10. The number of likely N-dealkylation sites (N-methyl/N-ethyl adjacent to an activating group) is 1. The Morgan fingerprint density at radius 2 is 1.83 bits per heavy atom. The van der Waals surface area contributed by atoms with Gasteiger partial charge in [-0.05, 0) is 43.8 Å². The summed E-state index contributed by atoms with van der Waals surface area (Å²) < 4.78 is 12.9. The van der Waals surface area contributed by atoms with Gasteiger partial charge in [0.25, 0.3) is 11.2 Å². The van der Waals surface area contributed by atoms with Gasteiger partial charge in [0, 0.05) is 55.1 Å². The number of ether oxygens (including phenoxy) is 2. The van der Waals surface area contributed by atoms with Crippen LogP contribution < -0.4 is 24.5 Å². The van der Waals surface area contributed by atoms with Gasteiger partial charge in [0.1, 0.15) is 5.75 Å². The van der Waals surface area contributed by atoms with Crippen LogP contribution in [0.3, 0.4) is 0 Å². The first-order valence-corrected chi connectivity index (χ1v) is 15.7. The van der Waals surface area contributed by atoms with Crippen molar-refractivity contribution in [1.29, 1.82) is 0 Å². The zero-order chi connectivity index (χ0) is 32.4. The second-order valence-electron chi connectivity index (χ2n) is 11.0. The fourth-order valence-corrected chi connectivity index (χ4v) is 6.81. The van der Waals surface area contributed by atoms with Gasteiger partial charge in [-0.2, -0.15) is 0 Å². The number of methoxy groups -OCH3 is 1. The van der Waals surface area contributed by atoms with Crippen molar-refractivity contribution in [2.45, 2.75) is 13.0 Å². The molecule has 2 aliphatic heterocycles. The molecule has 3 heterocycles. The zero-order valence-corrected chi connectivity index (χ0v) is 26.5. The lowest BCUT2D eigenvalue weighted by Gasteiger charge is -2.34. The standard InChI is InChI=1S/C34H33N5O6S/c1-4-45-33(41)29-30(22-9-6-5-7-10-22)35-34-38(31(29)23-11-8-12-26(20-23)44-3)32(40)28(46-34)21-24-19-25(39(42)43)13-14-27(24)37-17-15-36(2)16-18-37/h5-14,19-21,31H,4,15-18H2,1-3H3/b28-21-. The van der Waals surface area contributed by atoms with Gasteiger partial charge in [-0.15, -0.1) is 0 Å². The fourth-order valence-electron chi connectivity index (χ4n) is 5.82. The first-order chi connectivity index (χ1) is 22.3. The molecule has 46 heavy (non-hydrogen) atoms. The van der Waals surface area contributed by atoms with Crippen LogP contribution in [0, 0.1) is 10.1 Å². The largest absolute Gasteiger partial charge is 0.497 e. The van der Waals surface area contributed by atoms with Gasteiger partial charge in [0.15, 0.2) is 4.80 Å². The van der Waals surface area contributed by atoms with Crippen molar-refractivity contribution in [2.24, 2.45) is 4.99 Å². The average molecular weight is 640 g/mol. The number of nitro benzene ring substituents is 1. The van der Waals surface area contributed by atoms with Crippen LogP contribution in [0.15, 0.2) is 88.2 Å². The van der Waals surface area contributed by atoms with Gasteiger partial charge in [-0.25, -0.2) is 9.79 Å². The van der Waals surface area contributed by atoms with Gasteiger partial charge in [0.05, 0.1) is 40.5 Å². The van der Waals surface area contributed by atoms with E-state index in [1.165, 1.54) is 28.0 Å². The van der Waals surface area contributed by atoms with Crippen LogP contribution >= 0.6 is 11.3 Å². The van der Waals surface area contributed by atoms with Crippen molar-refractivity contribution in [3.63, 3.8) is 0 Å². The van der Waals surface area contributed by atoms with Crippen LogP contribution in [0.4, 0.5) is 11.4 Å². The number of carbonyl (C=O) groups excluding carboxylic acids is 1. The number of piperazine rings is 1. The van der Waals surface area contributed by atoms with Crippen LogP contribution in [0.1, 0.15) is 29.7 Å². The number of thiazole rings is 1. The Balaban J connectivity index is 1.61. The summed E-state index contributed by atoms with van der Waals surface area (Å²) in [5.74, 6) is -0.0160. The molecule has 3 aromatic carbocycles. The van der Waals surface area contributed by atoms with Crippen LogP contribution in [-0.2, 0) is 9.53 Å². The topological polar surface area (TPSA) is 120 Å². The van der Waals surface area contributed by atoms with E-state index in [0.717, 1.165) is 31.9 Å². The summed E-state index contributed by atoms with van der Waals surface area (Å²) in [5, 5.41) is 11.8. The van der Waals surface area contributed by atoms with Gasteiger partial charge >= 0.3 is 5.97 Å². The number of esters is 1. The highest BCUT2D eigenvalue weighted by Gasteiger charge is 2.35. The number of anilines is 1. The molecule has 1 aromatic heterocycles. The minimum Gasteiger partial charge on any atom is -0.497 e.